The highest BCUT2D eigenvalue weighted by Gasteiger charge is 2.21. The molecule has 1 aliphatic heterocycles. The topological polar surface area (TPSA) is 70.7 Å². The van der Waals surface area contributed by atoms with Crippen molar-refractivity contribution in [2.45, 2.75) is 26.2 Å². The number of pyridine rings is 1. The molecule has 112 valence electrons. The molecular formula is C15H20N4O2. The second-order valence-electron chi connectivity index (χ2n) is 5.60. The Morgan fingerprint density at radius 1 is 1.43 bits per heavy atom. The van der Waals surface area contributed by atoms with Gasteiger partial charge in [-0.2, -0.15) is 5.10 Å². The van der Waals surface area contributed by atoms with Crippen LogP contribution in [0.3, 0.4) is 0 Å². The van der Waals surface area contributed by atoms with Crippen LogP contribution in [0, 0.1) is 5.92 Å². The van der Waals surface area contributed by atoms with Crippen LogP contribution in [0.15, 0.2) is 18.3 Å². The molecule has 0 bridgehead atoms. The second-order valence-corrected chi connectivity index (χ2v) is 5.60. The average Bonchev–Trinajstić information content (AvgIpc) is 2.89. The van der Waals surface area contributed by atoms with Crippen LogP contribution in [0.1, 0.15) is 35.9 Å². The summed E-state index contributed by atoms with van der Waals surface area (Å²) in [5, 5.41) is 13.6. The van der Waals surface area contributed by atoms with Crippen LogP contribution < -0.4 is 0 Å². The molecule has 3 heterocycles. The standard InChI is InChI=1S/C15H20N4O2/c1-2-18-8-5-11(6-9-18)10-13-16-14-12(15(20)21)4-3-7-19(14)17-13/h3-4,7,11H,2,5-6,8-10H2,1H3,(H,20,21). The lowest BCUT2D eigenvalue weighted by atomic mass is 9.93. The highest BCUT2D eigenvalue weighted by molar-refractivity contribution is 5.94. The minimum atomic E-state index is -0.962. The molecule has 1 fully saturated rings. The molecule has 6 heteroatoms. The lowest BCUT2D eigenvalue weighted by Crippen LogP contribution is -2.34. The molecule has 0 radical (unpaired) electrons. The minimum Gasteiger partial charge on any atom is -0.478 e. The normalized spacial score (nSPS) is 17.4. The molecule has 2 aromatic heterocycles. The molecular weight excluding hydrogens is 268 g/mol. The van der Waals surface area contributed by atoms with Crippen molar-refractivity contribution in [3.63, 3.8) is 0 Å². The van der Waals surface area contributed by atoms with Gasteiger partial charge >= 0.3 is 5.97 Å². The second kappa shape index (κ2) is 5.81. The van der Waals surface area contributed by atoms with Gasteiger partial charge in [-0.05, 0) is 50.5 Å². The number of piperidine rings is 1. The zero-order valence-electron chi connectivity index (χ0n) is 12.2. The van der Waals surface area contributed by atoms with E-state index in [1.165, 1.54) is 0 Å². The third kappa shape index (κ3) is 2.90. The van der Waals surface area contributed by atoms with Gasteiger partial charge in [0.15, 0.2) is 11.5 Å². The largest absolute Gasteiger partial charge is 0.478 e. The summed E-state index contributed by atoms with van der Waals surface area (Å²) in [4.78, 5) is 18.1. The van der Waals surface area contributed by atoms with Crippen LogP contribution in [0.25, 0.3) is 5.65 Å². The summed E-state index contributed by atoms with van der Waals surface area (Å²) < 4.78 is 1.57. The van der Waals surface area contributed by atoms with Crippen LogP contribution in [-0.2, 0) is 6.42 Å². The summed E-state index contributed by atoms with van der Waals surface area (Å²) in [5.41, 5.74) is 0.642. The summed E-state index contributed by atoms with van der Waals surface area (Å²) in [6.07, 6.45) is 4.90. The van der Waals surface area contributed by atoms with E-state index in [2.05, 4.69) is 21.9 Å². The van der Waals surface area contributed by atoms with Gasteiger partial charge in [-0.25, -0.2) is 14.3 Å². The molecule has 6 nitrogen and oxygen atoms in total. The number of hydrogen-bond acceptors (Lipinski definition) is 4. The smallest absolute Gasteiger partial charge is 0.339 e. The fraction of sp³-hybridized carbons (Fsp3) is 0.533. The van der Waals surface area contributed by atoms with Crippen LogP contribution in [0.2, 0.25) is 0 Å². The van der Waals surface area contributed by atoms with Gasteiger partial charge in [0.05, 0.1) is 0 Å². The number of carboxylic acids is 1. The van der Waals surface area contributed by atoms with Crippen molar-refractivity contribution in [1.82, 2.24) is 19.5 Å². The number of hydrogen-bond donors (Lipinski definition) is 1. The first-order valence-electron chi connectivity index (χ1n) is 7.47. The first-order chi connectivity index (χ1) is 10.2. The maximum absolute atomic E-state index is 11.2. The maximum Gasteiger partial charge on any atom is 0.339 e. The van der Waals surface area contributed by atoms with Crippen LogP contribution in [0.4, 0.5) is 0 Å². The van der Waals surface area contributed by atoms with Gasteiger partial charge in [0.1, 0.15) is 5.56 Å². The number of rotatable bonds is 4. The Kier molecular flexibility index (Phi) is 3.88. The highest BCUT2D eigenvalue weighted by atomic mass is 16.4. The van der Waals surface area contributed by atoms with Crippen molar-refractivity contribution in [2.24, 2.45) is 5.92 Å². The molecule has 2 aromatic rings. The first-order valence-corrected chi connectivity index (χ1v) is 7.47. The predicted octanol–water partition coefficient (Wildman–Crippen LogP) is 1.70. The van der Waals surface area contributed by atoms with Crippen LogP contribution in [-0.4, -0.2) is 50.2 Å². The number of likely N-dealkylation sites (tertiary alicyclic amines) is 1. The quantitative estimate of drug-likeness (QED) is 0.927. The lowest BCUT2D eigenvalue weighted by Gasteiger charge is -2.30. The number of aromatic carboxylic acids is 1. The number of carboxylic acid groups (broad SMARTS) is 1. The minimum absolute atomic E-state index is 0.206. The van der Waals surface area contributed by atoms with Crippen molar-refractivity contribution in [1.29, 1.82) is 0 Å². The van der Waals surface area contributed by atoms with E-state index in [1.54, 1.807) is 22.8 Å². The summed E-state index contributed by atoms with van der Waals surface area (Å²) in [5.74, 6) is 0.382. The van der Waals surface area contributed by atoms with E-state index in [0.717, 1.165) is 44.7 Å². The van der Waals surface area contributed by atoms with Gasteiger partial charge in [0.25, 0.3) is 0 Å². The zero-order valence-corrected chi connectivity index (χ0v) is 12.2. The fourth-order valence-electron chi connectivity index (χ4n) is 2.97. The Bertz CT molecular complexity index is 644. The molecule has 0 spiro atoms. The van der Waals surface area contributed by atoms with E-state index in [0.29, 0.717) is 11.6 Å². The zero-order chi connectivity index (χ0) is 14.8. The molecule has 0 aliphatic carbocycles. The third-order valence-electron chi connectivity index (χ3n) is 4.26. The van der Waals surface area contributed by atoms with Crippen molar-refractivity contribution in [3.8, 4) is 0 Å². The summed E-state index contributed by atoms with van der Waals surface area (Å²) in [7, 11) is 0. The first kappa shape index (κ1) is 14.0. The van der Waals surface area contributed by atoms with Crippen LogP contribution >= 0.6 is 0 Å². The Labute approximate surface area is 123 Å². The van der Waals surface area contributed by atoms with E-state index >= 15 is 0 Å². The molecule has 0 atom stereocenters. The summed E-state index contributed by atoms with van der Waals surface area (Å²) >= 11 is 0. The molecule has 1 aliphatic rings. The molecule has 3 rings (SSSR count). The van der Waals surface area contributed by atoms with E-state index in [1.807, 2.05) is 0 Å². The van der Waals surface area contributed by atoms with Crippen molar-refractivity contribution < 1.29 is 9.90 Å². The number of carbonyl (C=O) groups is 1. The summed E-state index contributed by atoms with van der Waals surface area (Å²) in [6, 6.07) is 3.25. The van der Waals surface area contributed by atoms with Gasteiger partial charge in [-0.3, -0.25) is 0 Å². The monoisotopic (exact) mass is 288 g/mol. The van der Waals surface area contributed by atoms with Gasteiger partial charge in [0, 0.05) is 12.6 Å². The number of fused-ring (bicyclic) bond motifs is 1. The molecule has 0 amide bonds. The fourth-order valence-corrected chi connectivity index (χ4v) is 2.97. The van der Waals surface area contributed by atoms with E-state index in [4.69, 9.17) is 0 Å². The Morgan fingerprint density at radius 3 is 2.86 bits per heavy atom. The van der Waals surface area contributed by atoms with E-state index in [-0.39, 0.29) is 5.56 Å². The third-order valence-corrected chi connectivity index (χ3v) is 4.26. The molecule has 1 saturated heterocycles. The van der Waals surface area contributed by atoms with E-state index in [9.17, 15) is 9.90 Å². The number of aromatic nitrogens is 3. The predicted molar refractivity (Wildman–Crippen MR) is 78.5 cm³/mol. The Balaban J connectivity index is 1.76. The lowest BCUT2D eigenvalue weighted by molar-refractivity contribution is 0.0698. The van der Waals surface area contributed by atoms with Crippen LogP contribution in [0.5, 0.6) is 0 Å². The molecule has 21 heavy (non-hydrogen) atoms. The summed E-state index contributed by atoms with van der Waals surface area (Å²) in [6.45, 7) is 5.57. The molecule has 0 unspecified atom stereocenters. The van der Waals surface area contributed by atoms with Gasteiger partial charge in [-0.15, -0.1) is 0 Å². The molecule has 0 aromatic carbocycles. The SMILES string of the molecule is CCN1CCC(Cc2nc3c(C(=O)O)cccn3n2)CC1. The Morgan fingerprint density at radius 2 is 2.19 bits per heavy atom. The van der Waals surface area contributed by atoms with Gasteiger partial charge in [0.2, 0.25) is 0 Å². The van der Waals surface area contributed by atoms with Gasteiger partial charge < -0.3 is 10.0 Å². The highest BCUT2D eigenvalue weighted by Crippen LogP contribution is 2.21. The average molecular weight is 288 g/mol. The van der Waals surface area contributed by atoms with E-state index < -0.39 is 5.97 Å². The number of nitrogens with zero attached hydrogens (tertiary/aromatic N) is 4. The molecule has 1 N–H and O–H groups in total. The van der Waals surface area contributed by atoms with Gasteiger partial charge in [-0.1, -0.05) is 6.92 Å². The molecule has 0 saturated carbocycles. The Hall–Kier alpha value is -1.95. The maximum atomic E-state index is 11.2. The van der Waals surface area contributed by atoms with Crippen molar-refractivity contribution in [3.05, 3.63) is 29.7 Å². The van der Waals surface area contributed by atoms with Crippen molar-refractivity contribution in [2.75, 3.05) is 19.6 Å². The van der Waals surface area contributed by atoms with Crippen molar-refractivity contribution >= 4 is 11.6 Å².